The standard InChI is InChI=1S/C13H16Cl3NO/c1-2-18-13(17)10(4-3-7-14)9-5-6-11(15)12(16)8-9/h5-6,8,10,17H,2-4,7H2,1H3. The summed E-state index contributed by atoms with van der Waals surface area (Å²) in [4.78, 5) is 0. The zero-order valence-corrected chi connectivity index (χ0v) is 12.4. The molecular formula is C13H16Cl3NO. The number of benzene rings is 1. The Labute approximate surface area is 123 Å². The van der Waals surface area contributed by atoms with Gasteiger partial charge in [0.15, 0.2) is 5.90 Å². The minimum absolute atomic E-state index is 0.113. The summed E-state index contributed by atoms with van der Waals surface area (Å²) in [5.74, 6) is 0.705. The minimum Gasteiger partial charge on any atom is -0.481 e. The highest BCUT2D eigenvalue weighted by Crippen LogP contribution is 2.29. The smallest absolute Gasteiger partial charge is 0.188 e. The first kappa shape index (κ1) is 15.6. The molecule has 1 aromatic rings. The van der Waals surface area contributed by atoms with E-state index in [9.17, 15) is 0 Å². The Morgan fingerprint density at radius 2 is 2.06 bits per heavy atom. The van der Waals surface area contributed by atoms with Crippen LogP contribution in [0.25, 0.3) is 0 Å². The van der Waals surface area contributed by atoms with Crippen molar-refractivity contribution in [2.24, 2.45) is 0 Å². The number of alkyl halides is 1. The second kappa shape index (κ2) is 7.88. The van der Waals surface area contributed by atoms with E-state index in [0.29, 0.717) is 22.5 Å². The van der Waals surface area contributed by atoms with Crippen LogP contribution in [0.5, 0.6) is 0 Å². The first-order valence-corrected chi connectivity index (χ1v) is 7.11. The van der Waals surface area contributed by atoms with Crippen LogP contribution < -0.4 is 0 Å². The molecule has 0 fully saturated rings. The lowest BCUT2D eigenvalue weighted by atomic mass is 9.94. The highest BCUT2D eigenvalue weighted by Gasteiger charge is 2.19. The van der Waals surface area contributed by atoms with Crippen molar-refractivity contribution in [2.75, 3.05) is 12.5 Å². The van der Waals surface area contributed by atoms with Crippen molar-refractivity contribution in [3.05, 3.63) is 33.8 Å². The van der Waals surface area contributed by atoms with Crippen LogP contribution in [0, 0.1) is 5.41 Å². The largest absolute Gasteiger partial charge is 0.481 e. The van der Waals surface area contributed by atoms with Crippen molar-refractivity contribution < 1.29 is 4.74 Å². The molecule has 0 spiro atoms. The molecule has 1 unspecified atom stereocenters. The molecular weight excluding hydrogens is 293 g/mol. The van der Waals surface area contributed by atoms with Gasteiger partial charge in [-0.15, -0.1) is 11.6 Å². The predicted molar refractivity (Wildman–Crippen MR) is 78.5 cm³/mol. The van der Waals surface area contributed by atoms with Gasteiger partial charge in [-0.25, -0.2) is 0 Å². The van der Waals surface area contributed by atoms with Crippen molar-refractivity contribution in [3.8, 4) is 0 Å². The van der Waals surface area contributed by atoms with Crippen LogP contribution in [-0.4, -0.2) is 18.4 Å². The quantitative estimate of drug-likeness (QED) is 0.442. The van der Waals surface area contributed by atoms with Gasteiger partial charge in [0.05, 0.1) is 22.6 Å². The van der Waals surface area contributed by atoms with Crippen LogP contribution in [0.4, 0.5) is 0 Å². The van der Waals surface area contributed by atoms with E-state index >= 15 is 0 Å². The van der Waals surface area contributed by atoms with Crippen molar-refractivity contribution in [2.45, 2.75) is 25.7 Å². The summed E-state index contributed by atoms with van der Waals surface area (Å²) >= 11 is 17.6. The molecule has 0 amide bonds. The maximum Gasteiger partial charge on any atom is 0.188 e. The summed E-state index contributed by atoms with van der Waals surface area (Å²) in [7, 11) is 0. The molecule has 0 aliphatic heterocycles. The number of halogens is 3. The Hall–Kier alpha value is -0.440. The fourth-order valence-electron chi connectivity index (χ4n) is 1.72. The predicted octanol–water partition coefficient (Wildman–Crippen LogP) is 5.11. The van der Waals surface area contributed by atoms with E-state index in [-0.39, 0.29) is 11.8 Å². The maximum absolute atomic E-state index is 7.94. The van der Waals surface area contributed by atoms with Gasteiger partial charge in [0.1, 0.15) is 0 Å². The summed E-state index contributed by atoms with van der Waals surface area (Å²) in [5, 5.41) is 8.95. The van der Waals surface area contributed by atoms with E-state index in [1.54, 1.807) is 12.1 Å². The van der Waals surface area contributed by atoms with Gasteiger partial charge in [-0.05, 0) is 37.5 Å². The Kier molecular flexibility index (Phi) is 6.83. The van der Waals surface area contributed by atoms with Crippen molar-refractivity contribution in [1.29, 1.82) is 5.41 Å². The summed E-state index contributed by atoms with van der Waals surface area (Å²) < 4.78 is 5.29. The molecule has 0 heterocycles. The molecule has 1 atom stereocenters. The van der Waals surface area contributed by atoms with Gasteiger partial charge in [-0.1, -0.05) is 29.3 Å². The van der Waals surface area contributed by atoms with Crippen LogP contribution in [0.1, 0.15) is 31.2 Å². The van der Waals surface area contributed by atoms with E-state index in [1.807, 2.05) is 13.0 Å². The summed E-state index contributed by atoms with van der Waals surface area (Å²) in [6.07, 6.45) is 1.59. The molecule has 1 aromatic carbocycles. The maximum atomic E-state index is 7.94. The average Bonchev–Trinajstić information content (AvgIpc) is 2.34. The van der Waals surface area contributed by atoms with Crippen LogP contribution >= 0.6 is 34.8 Å². The summed E-state index contributed by atoms with van der Waals surface area (Å²) in [6.45, 7) is 2.35. The lowest BCUT2D eigenvalue weighted by molar-refractivity contribution is 0.305. The fraction of sp³-hybridized carbons (Fsp3) is 0.462. The van der Waals surface area contributed by atoms with Gasteiger partial charge < -0.3 is 4.74 Å². The molecule has 0 saturated carbocycles. The van der Waals surface area contributed by atoms with Crippen LogP contribution in [0.2, 0.25) is 10.0 Å². The van der Waals surface area contributed by atoms with Gasteiger partial charge >= 0.3 is 0 Å². The summed E-state index contributed by atoms with van der Waals surface area (Å²) in [5.41, 5.74) is 0.938. The first-order valence-electron chi connectivity index (χ1n) is 5.82. The summed E-state index contributed by atoms with van der Waals surface area (Å²) in [6, 6.07) is 5.41. The van der Waals surface area contributed by atoms with E-state index in [1.165, 1.54) is 0 Å². The number of nitrogens with one attached hydrogen (secondary N) is 1. The normalized spacial score (nSPS) is 12.2. The second-order valence-corrected chi connectivity index (χ2v) is 5.05. The third-order valence-corrected chi connectivity index (χ3v) is 3.60. The van der Waals surface area contributed by atoms with E-state index < -0.39 is 0 Å². The molecule has 100 valence electrons. The first-order chi connectivity index (χ1) is 8.60. The van der Waals surface area contributed by atoms with E-state index in [0.717, 1.165) is 18.4 Å². The zero-order chi connectivity index (χ0) is 13.5. The third-order valence-electron chi connectivity index (χ3n) is 2.59. The van der Waals surface area contributed by atoms with E-state index in [4.69, 9.17) is 44.9 Å². The molecule has 0 aliphatic carbocycles. The SMILES string of the molecule is CCOC(=N)C(CCCCl)c1ccc(Cl)c(Cl)c1. The molecule has 5 heteroatoms. The monoisotopic (exact) mass is 307 g/mol. The zero-order valence-electron chi connectivity index (χ0n) is 10.2. The lowest BCUT2D eigenvalue weighted by Gasteiger charge is -2.18. The Morgan fingerprint density at radius 3 is 2.61 bits per heavy atom. The molecule has 1 rings (SSSR count). The highest BCUT2D eigenvalue weighted by molar-refractivity contribution is 6.42. The Bertz CT molecular complexity index is 409. The number of hydrogen-bond donors (Lipinski definition) is 1. The number of ether oxygens (including phenoxy) is 1. The van der Waals surface area contributed by atoms with Crippen LogP contribution in [-0.2, 0) is 4.74 Å². The van der Waals surface area contributed by atoms with E-state index in [2.05, 4.69) is 0 Å². The molecule has 1 N–H and O–H groups in total. The third kappa shape index (κ3) is 4.34. The molecule has 0 radical (unpaired) electrons. The highest BCUT2D eigenvalue weighted by atomic mass is 35.5. The van der Waals surface area contributed by atoms with Gasteiger partial charge in [0.25, 0.3) is 0 Å². The van der Waals surface area contributed by atoms with Crippen molar-refractivity contribution in [1.82, 2.24) is 0 Å². The Morgan fingerprint density at radius 1 is 1.33 bits per heavy atom. The average molecular weight is 309 g/mol. The second-order valence-electron chi connectivity index (χ2n) is 3.85. The van der Waals surface area contributed by atoms with Gasteiger partial charge in [-0.3, -0.25) is 5.41 Å². The van der Waals surface area contributed by atoms with Gasteiger partial charge in [-0.2, -0.15) is 0 Å². The minimum atomic E-state index is -0.113. The van der Waals surface area contributed by atoms with Crippen molar-refractivity contribution in [3.63, 3.8) is 0 Å². The molecule has 0 saturated heterocycles. The molecule has 0 aliphatic rings. The molecule has 0 bridgehead atoms. The van der Waals surface area contributed by atoms with Crippen molar-refractivity contribution >= 4 is 40.7 Å². The molecule has 2 nitrogen and oxygen atoms in total. The molecule has 0 aromatic heterocycles. The van der Waals surface area contributed by atoms with Gasteiger partial charge in [0, 0.05) is 5.88 Å². The number of hydrogen-bond acceptors (Lipinski definition) is 2. The lowest BCUT2D eigenvalue weighted by Crippen LogP contribution is -2.15. The fourth-order valence-corrected chi connectivity index (χ4v) is 2.18. The van der Waals surface area contributed by atoms with Crippen LogP contribution in [0.3, 0.4) is 0 Å². The van der Waals surface area contributed by atoms with Crippen LogP contribution in [0.15, 0.2) is 18.2 Å². The topological polar surface area (TPSA) is 33.1 Å². The molecule has 18 heavy (non-hydrogen) atoms. The van der Waals surface area contributed by atoms with Gasteiger partial charge in [0.2, 0.25) is 0 Å². The Balaban J connectivity index is 2.93. The number of rotatable bonds is 6.